The van der Waals surface area contributed by atoms with E-state index in [9.17, 15) is 25.0 Å². The molecule has 0 amide bonds. The van der Waals surface area contributed by atoms with Crippen LogP contribution in [0.1, 0.15) is 12.0 Å². The Hall–Kier alpha value is -2.77. The van der Waals surface area contributed by atoms with E-state index in [0.717, 1.165) is 12.1 Å². The van der Waals surface area contributed by atoms with Crippen LogP contribution < -0.4 is 0 Å². The highest BCUT2D eigenvalue weighted by Gasteiger charge is 2.27. The van der Waals surface area contributed by atoms with E-state index in [2.05, 4.69) is 6.58 Å². The zero-order chi connectivity index (χ0) is 15.1. The van der Waals surface area contributed by atoms with Crippen LogP contribution in [0.25, 0.3) is 0 Å². The second-order valence-electron chi connectivity index (χ2n) is 3.77. The van der Waals surface area contributed by atoms with Gasteiger partial charge in [-0.05, 0) is 12.8 Å². The topological polar surface area (TPSA) is 113 Å². The molecule has 0 aliphatic carbocycles. The van der Waals surface area contributed by atoms with Crippen molar-refractivity contribution in [1.29, 1.82) is 0 Å². The van der Waals surface area contributed by atoms with E-state index in [0.29, 0.717) is 6.42 Å². The summed E-state index contributed by atoms with van der Waals surface area (Å²) >= 11 is 0. The predicted molar refractivity (Wildman–Crippen MR) is 69.2 cm³/mol. The first-order chi connectivity index (χ1) is 9.47. The van der Waals surface area contributed by atoms with Gasteiger partial charge < -0.3 is 4.74 Å². The number of nitro groups is 2. The summed E-state index contributed by atoms with van der Waals surface area (Å²) in [6.07, 6.45) is 1.53. The van der Waals surface area contributed by atoms with Gasteiger partial charge in [0.15, 0.2) is 0 Å². The fourth-order valence-corrected chi connectivity index (χ4v) is 1.63. The number of nitro benzene ring substituents is 2. The first kappa shape index (κ1) is 15.3. The first-order valence-corrected chi connectivity index (χ1v) is 5.67. The van der Waals surface area contributed by atoms with Crippen molar-refractivity contribution in [2.45, 2.75) is 12.8 Å². The van der Waals surface area contributed by atoms with Gasteiger partial charge in [0.25, 0.3) is 0 Å². The SMILES string of the molecule is C=CC(=O)OCCCc1cccc([N+](=O)[O-])c1[N+](=O)[O-]. The van der Waals surface area contributed by atoms with Crippen molar-refractivity contribution in [2.24, 2.45) is 0 Å². The second-order valence-corrected chi connectivity index (χ2v) is 3.77. The van der Waals surface area contributed by atoms with Gasteiger partial charge in [-0.1, -0.05) is 18.7 Å². The van der Waals surface area contributed by atoms with E-state index in [1.165, 1.54) is 12.1 Å². The number of hydrogen-bond acceptors (Lipinski definition) is 6. The van der Waals surface area contributed by atoms with Crippen molar-refractivity contribution in [3.8, 4) is 0 Å². The molecule has 0 saturated carbocycles. The molecule has 8 nitrogen and oxygen atoms in total. The molecule has 1 aromatic rings. The van der Waals surface area contributed by atoms with Gasteiger partial charge >= 0.3 is 17.3 Å². The Labute approximate surface area is 114 Å². The minimum absolute atomic E-state index is 0.0602. The Morgan fingerprint density at radius 1 is 1.30 bits per heavy atom. The molecular weight excluding hydrogens is 268 g/mol. The number of rotatable bonds is 7. The van der Waals surface area contributed by atoms with Crippen LogP contribution in [0.15, 0.2) is 30.9 Å². The smallest absolute Gasteiger partial charge is 0.349 e. The zero-order valence-corrected chi connectivity index (χ0v) is 10.5. The molecule has 20 heavy (non-hydrogen) atoms. The summed E-state index contributed by atoms with van der Waals surface area (Å²) in [5, 5.41) is 21.7. The van der Waals surface area contributed by atoms with Gasteiger partial charge in [0.1, 0.15) is 0 Å². The lowest BCUT2D eigenvalue weighted by molar-refractivity contribution is -0.423. The highest BCUT2D eigenvalue weighted by atomic mass is 16.6. The maximum absolute atomic E-state index is 10.9. The lowest BCUT2D eigenvalue weighted by atomic mass is 10.1. The summed E-state index contributed by atoms with van der Waals surface area (Å²) in [7, 11) is 0. The molecule has 1 rings (SSSR count). The van der Waals surface area contributed by atoms with Gasteiger partial charge in [0, 0.05) is 17.7 Å². The zero-order valence-electron chi connectivity index (χ0n) is 10.5. The molecule has 0 radical (unpaired) electrons. The van der Waals surface area contributed by atoms with E-state index in [4.69, 9.17) is 4.74 Å². The predicted octanol–water partition coefficient (Wildman–Crippen LogP) is 2.16. The number of aryl methyl sites for hydroxylation is 1. The first-order valence-electron chi connectivity index (χ1n) is 5.67. The largest absolute Gasteiger partial charge is 0.463 e. The fourth-order valence-electron chi connectivity index (χ4n) is 1.63. The summed E-state index contributed by atoms with van der Waals surface area (Å²) in [4.78, 5) is 30.9. The number of benzene rings is 1. The normalized spacial score (nSPS) is 9.80. The Bertz CT molecular complexity index is 555. The molecular formula is C12H12N2O6. The van der Waals surface area contributed by atoms with Crippen LogP contribution in [-0.2, 0) is 16.0 Å². The number of para-hydroxylation sites is 1. The Morgan fingerprint density at radius 3 is 2.55 bits per heavy atom. The number of ether oxygens (including phenoxy) is 1. The second kappa shape index (κ2) is 6.98. The molecule has 0 aromatic heterocycles. The van der Waals surface area contributed by atoms with E-state index in [1.54, 1.807) is 0 Å². The molecule has 106 valence electrons. The number of carbonyl (C=O) groups is 1. The molecule has 8 heteroatoms. The van der Waals surface area contributed by atoms with Crippen LogP contribution in [0.5, 0.6) is 0 Å². The van der Waals surface area contributed by atoms with E-state index >= 15 is 0 Å². The molecule has 0 aliphatic rings. The summed E-state index contributed by atoms with van der Waals surface area (Å²) in [5.74, 6) is -0.585. The van der Waals surface area contributed by atoms with Crippen molar-refractivity contribution in [3.05, 3.63) is 56.6 Å². The van der Waals surface area contributed by atoms with Crippen molar-refractivity contribution >= 4 is 17.3 Å². The van der Waals surface area contributed by atoms with Crippen LogP contribution in [-0.4, -0.2) is 22.4 Å². The van der Waals surface area contributed by atoms with Crippen LogP contribution in [0.2, 0.25) is 0 Å². The lowest BCUT2D eigenvalue weighted by Crippen LogP contribution is -2.05. The third-order valence-corrected chi connectivity index (χ3v) is 2.48. The molecule has 0 saturated heterocycles. The van der Waals surface area contributed by atoms with E-state index in [-0.39, 0.29) is 18.6 Å². The van der Waals surface area contributed by atoms with Crippen molar-refractivity contribution in [3.63, 3.8) is 0 Å². The summed E-state index contributed by atoms with van der Waals surface area (Å²) < 4.78 is 4.73. The third kappa shape index (κ3) is 3.87. The number of carbonyl (C=O) groups excluding carboxylic acids is 1. The van der Waals surface area contributed by atoms with Gasteiger partial charge in [0.2, 0.25) is 0 Å². The average Bonchev–Trinajstić information content (AvgIpc) is 2.42. The third-order valence-electron chi connectivity index (χ3n) is 2.48. The molecule has 0 atom stereocenters. The average molecular weight is 280 g/mol. The van der Waals surface area contributed by atoms with Gasteiger partial charge in [-0.15, -0.1) is 0 Å². The molecule has 0 bridgehead atoms. The Balaban J connectivity index is 2.82. The van der Waals surface area contributed by atoms with Crippen LogP contribution in [0, 0.1) is 20.2 Å². The molecule has 1 aromatic carbocycles. The molecule has 0 aliphatic heterocycles. The van der Waals surface area contributed by atoms with Crippen LogP contribution in [0.3, 0.4) is 0 Å². The van der Waals surface area contributed by atoms with Gasteiger partial charge in [-0.3, -0.25) is 20.2 Å². The summed E-state index contributed by atoms with van der Waals surface area (Å²) in [6.45, 7) is 3.29. The van der Waals surface area contributed by atoms with Crippen LogP contribution in [0.4, 0.5) is 11.4 Å². The van der Waals surface area contributed by atoms with E-state index < -0.39 is 27.2 Å². The molecule has 0 spiro atoms. The number of nitrogens with zero attached hydrogens (tertiary/aromatic N) is 2. The van der Waals surface area contributed by atoms with Crippen molar-refractivity contribution in [2.75, 3.05) is 6.61 Å². The van der Waals surface area contributed by atoms with Crippen LogP contribution >= 0.6 is 0 Å². The highest BCUT2D eigenvalue weighted by Crippen LogP contribution is 2.31. The molecule has 0 unspecified atom stereocenters. The standard InChI is InChI=1S/C12H12N2O6/c1-2-11(15)20-8-4-6-9-5-3-7-10(13(16)17)12(9)14(18)19/h2-3,5,7H,1,4,6,8H2. The minimum atomic E-state index is -0.792. The van der Waals surface area contributed by atoms with Gasteiger partial charge in [-0.2, -0.15) is 0 Å². The maximum atomic E-state index is 10.9. The molecule has 0 N–H and O–H groups in total. The van der Waals surface area contributed by atoms with Crippen molar-refractivity contribution < 1.29 is 19.4 Å². The minimum Gasteiger partial charge on any atom is -0.463 e. The quantitative estimate of drug-likeness (QED) is 0.248. The Kier molecular flexibility index (Phi) is 5.33. The number of esters is 1. The molecule has 0 heterocycles. The Morgan fingerprint density at radius 2 is 2.00 bits per heavy atom. The fraction of sp³-hybridized carbons (Fsp3) is 0.250. The summed E-state index contributed by atoms with van der Waals surface area (Å²) in [5.41, 5.74) is -0.831. The summed E-state index contributed by atoms with van der Waals surface area (Å²) in [6, 6.07) is 3.91. The maximum Gasteiger partial charge on any atom is 0.349 e. The highest BCUT2D eigenvalue weighted by molar-refractivity contribution is 5.81. The van der Waals surface area contributed by atoms with Gasteiger partial charge in [-0.25, -0.2) is 4.79 Å². The lowest BCUT2D eigenvalue weighted by Gasteiger charge is -2.04. The van der Waals surface area contributed by atoms with Gasteiger partial charge in [0.05, 0.1) is 16.5 Å². The van der Waals surface area contributed by atoms with E-state index in [1.807, 2.05) is 0 Å². The van der Waals surface area contributed by atoms with Crippen molar-refractivity contribution in [1.82, 2.24) is 0 Å². The number of hydrogen-bond donors (Lipinski definition) is 0. The molecule has 0 fully saturated rings. The monoisotopic (exact) mass is 280 g/mol.